The molecule has 0 saturated carbocycles. The van der Waals surface area contributed by atoms with E-state index in [1.54, 1.807) is 0 Å². The van der Waals surface area contributed by atoms with Crippen molar-refractivity contribution >= 4 is 0 Å². The molecule has 0 amide bonds. The highest BCUT2D eigenvalue weighted by Crippen LogP contribution is 2.33. The van der Waals surface area contributed by atoms with Crippen LogP contribution in [0, 0.1) is 0 Å². The predicted octanol–water partition coefficient (Wildman–Crippen LogP) is 1.63. The van der Waals surface area contributed by atoms with Crippen LogP contribution in [0.15, 0.2) is 11.8 Å². The van der Waals surface area contributed by atoms with E-state index in [1.165, 1.54) is 0 Å². The zero-order chi connectivity index (χ0) is 12.1. The number of allylic oxidation sites excluding steroid dienone is 1. The molecule has 2 rings (SSSR count). The highest BCUT2D eigenvalue weighted by atomic mass is 16.5. The van der Waals surface area contributed by atoms with E-state index in [0.29, 0.717) is 32.2 Å². The lowest BCUT2D eigenvalue weighted by molar-refractivity contribution is -0.165. The second-order valence-electron chi connectivity index (χ2n) is 4.61. The quantitative estimate of drug-likeness (QED) is 0.814. The van der Waals surface area contributed by atoms with Crippen molar-refractivity contribution in [1.82, 2.24) is 0 Å². The van der Waals surface area contributed by atoms with Crippen LogP contribution in [0.2, 0.25) is 0 Å². The van der Waals surface area contributed by atoms with Gasteiger partial charge in [-0.1, -0.05) is 0 Å². The molecule has 0 radical (unpaired) electrons. The minimum atomic E-state index is -0.661. The van der Waals surface area contributed by atoms with Gasteiger partial charge >= 0.3 is 0 Å². The summed E-state index contributed by atoms with van der Waals surface area (Å²) in [6.45, 7) is 4.54. The van der Waals surface area contributed by atoms with Crippen LogP contribution in [0.5, 0.6) is 0 Å². The summed E-state index contributed by atoms with van der Waals surface area (Å²) in [5.74, 6) is 0.687. The van der Waals surface area contributed by atoms with E-state index in [9.17, 15) is 5.11 Å². The van der Waals surface area contributed by atoms with Gasteiger partial charge in [-0.05, 0) is 25.8 Å². The molecule has 4 nitrogen and oxygen atoms in total. The zero-order valence-electron chi connectivity index (χ0n) is 10.5. The topological polar surface area (TPSA) is 47.9 Å². The van der Waals surface area contributed by atoms with Gasteiger partial charge in [0.15, 0.2) is 0 Å². The minimum Gasteiger partial charge on any atom is -0.495 e. The van der Waals surface area contributed by atoms with Crippen LogP contribution in [0.4, 0.5) is 0 Å². The SMILES string of the molecule is CCOC1(C(O)C2=CCCCO2)CCOCC1. The van der Waals surface area contributed by atoms with Crippen LogP contribution >= 0.6 is 0 Å². The van der Waals surface area contributed by atoms with Crippen molar-refractivity contribution < 1.29 is 19.3 Å². The van der Waals surface area contributed by atoms with E-state index in [2.05, 4.69) is 0 Å². The van der Waals surface area contributed by atoms with E-state index in [-0.39, 0.29) is 0 Å². The highest BCUT2D eigenvalue weighted by Gasteiger charge is 2.43. The summed E-state index contributed by atoms with van der Waals surface area (Å²) in [5, 5.41) is 10.5. The fraction of sp³-hybridized carbons (Fsp3) is 0.846. The molecule has 2 aliphatic heterocycles. The number of hydrogen-bond acceptors (Lipinski definition) is 4. The monoisotopic (exact) mass is 242 g/mol. The minimum absolute atomic E-state index is 0.518. The summed E-state index contributed by atoms with van der Waals surface area (Å²) in [4.78, 5) is 0. The molecule has 0 spiro atoms. The zero-order valence-corrected chi connectivity index (χ0v) is 10.5. The van der Waals surface area contributed by atoms with E-state index >= 15 is 0 Å². The second-order valence-corrected chi connectivity index (χ2v) is 4.61. The Labute approximate surface area is 103 Å². The maximum Gasteiger partial charge on any atom is 0.140 e. The third kappa shape index (κ3) is 2.81. The summed E-state index contributed by atoms with van der Waals surface area (Å²) in [7, 11) is 0. The van der Waals surface area contributed by atoms with E-state index in [4.69, 9.17) is 14.2 Å². The molecule has 4 heteroatoms. The summed E-state index contributed by atoms with van der Waals surface area (Å²) >= 11 is 0. The van der Waals surface area contributed by atoms with Crippen LogP contribution in [-0.2, 0) is 14.2 Å². The molecule has 17 heavy (non-hydrogen) atoms. The van der Waals surface area contributed by atoms with Crippen LogP contribution in [0.3, 0.4) is 0 Å². The maximum atomic E-state index is 10.5. The third-order valence-electron chi connectivity index (χ3n) is 3.50. The average Bonchev–Trinajstić information content (AvgIpc) is 2.40. The van der Waals surface area contributed by atoms with Gasteiger partial charge in [-0.2, -0.15) is 0 Å². The molecule has 0 aliphatic carbocycles. The van der Waals surface area contributed by atoms with Crippen LogP contribution in [-0.4, -0.2) is 43.2 Å². The van der Waals surface area contributed by atoms with Gasteiger partial charge in [-0.25, -0.2) is 0 Å². The molecule has 1 saturated heterocycles. The number of hydrogen-bond donors (Lipinski definition) is 1. The third-order valence-corrected chi connectivity index (χ3v) is 3.50. The largest absolute Gasteiger partial charge is 0.495 e. The van der Waals surface area contributed by atoms with Crippen molar-refractivity contribution in [3.63, 3.8) is 0 Å². The first-order valence-corrected chi connectivity index (χ1v) is 6.51. The Morgan fingerprint density at radius 3 is 2.76 bits per heavy atom. The molecule has 0 aromatic heterocycles. The smallest absolute Gasteiger partial charge is 0.140 e. The molecule has 1 unspecified atom stereocenters. The van der Waals surface area contributed by atoms with Gasteiger partial charge in [-0.15, -0.1) is 0 Å². The normalized spacial score (nSPS) is 25.9. The predicted molar refractivity (Wildman–Crippen MR) is 63.7 cm³/mol. The lowest BCUT2D eigenvalue weighted by atomic mass is 9.86. The van der Waals surface area contributed by atoms with Crippen LogP contribution < -0.4 is 0 Å². The first-order valence-electron chi connectivity index (χ1n) is 6.51. The molecule has 0 aromatic carbocycles. The lowest BCUT2D eigenvalue weighted by Gasteiger charge is -2.41. The molecule has 2 aliphatic rings. The van der Waals surface area contributed by atoms with Crippen molar-refractivity contribution in [3.8, 4) is 0 Å². The first-order chi connectivity index (χ1) is 8.28. The van der Waals surface area contributed by atoms with E-state index in [0.717, 1.165) is 25.7 Å². The highest BCUT2D eigenvalue weighted by molar-refractivity contribution is 5.10. The Balaban J connectivity index is 2.10. The molecule has 98 valence electrons. The standard InChI is InChI=1S/C13H22O4/c1-2-17-13(6-9-15-10-7-13)12(14)11-5-3-4-8-16-11/h5,12,14H,2-4,6-10H2,1H3. The Hall–Kier alpha value is -0.580. The molecule has 1 atom stereocenters. The molecule has 2 heterocycles. The average molecular weight is 242 g/mol. The second kappa shape index (κ2) is 5.85. The van der Waals surface area contributed by atoms with Crippen molar-refractivity contribution in [2.75, 3.05) is 26.4 Å². The molecule has 0 aromatic rings. The Kier molecular flexibility index (Phi) is 4.42. The van der Waals surface area contributed by atoms with Crippen molar-refractivity contribution in [3.05, 3.63) is 11.8 Å². The number of aliphatic hydroxyl groups is 1. The summed E-state index contributed by atoms with van der Waals surface area (Å²) < 4.78 is 16.7. The fourth-order valence-electron chi connectivity index (χ4n) is 2.53. The van der Waals surface area contributed by atoms with Gasteiger partial charge in [0.25, 0.3) is 0 Å². The van der Waals surface area contributed by atoms with Gasteiger partial charge in [0, 0.05) is 32.7 Å². The van der Waals surface area contributed by atoms with Crippen molar-refractivity contribution in [1.29, 1.82) is 0 Å². The molecule has 1 N–H and O–H groups in total. The fourth-order valence-corrected chi connectivity index (χ4v) is 2.53. The van der Waals surface area contributed by atoms with Gasteiger partial charge in [0.1, 0.15) is 17.5 Å². The lowest BCUT2D eigenvalue weighted by Crippen LogP contribution is -2.50. The van der Waals surface area contributed by atoms with Crippen LogP contribution in [0.1, 0.15) is 32.6 Å². The van der Waals surface area contributed by atoms with Gasteiger partial charge < -0.3 is 19.3 Å². The Bertz CT molecular complexity index is 263. The molecular formula is C13H22O4. The summed E-state index contributed by atoms with van der Waals surface area (Å²) in [5.41, 5.74) is -0.518. The number of aliphatic hydroxyl groups excluding tert-OH is 1. The Morgan fingerprint density at radius 2 is 2.18 bits per heavy atom. The maximum absolute atomic E-state index is 10.5. The van der Waals surface area contributed by atoms with E-state index < -0.39 is 11.7 Å². The molecule has 0 bridgehead atoms. The first kappa shape index (κ1) is 12.9. The van der Waals surface area contributed by atoms with E-state index in [1.807, 2.05) is 13.0 Å². The number of rotatable bonds is 4. The van der Waals surface area contributed by atoms with Gasteiger partial charge in [0.05, 0.1) is 6.61 Å². The van der Waals surface area contributed by atoms with Gasteiger partial charge in [-0.3, -0.25) is 0 Å². The summed E-state index contributed by atoms with van der Waals surface area (Å²) in [6.07, 6.45) is 4.79. The molecular weight excluding hydrogens is 220 g/mol. The van der Waals surface area contributed by atoms with Crippen molar-refractivity contribution in [2.24, 2.45) is 0 Å². The van der Waals surface area contributed by atoms with Crippen molar-refractivity contribution in [2.45, 2.75) is 44.3 Å². The van der Waals surface area contributed by atoms with Gasteiger partial charge in [0.2, 0.25) is 0 Å². The number of ether oxygens (including phenoxy) is 3. The van der Waals surface area contributed by atoms with Crippen LogP contribution in [0.25, 0.3) is 0 Å². The molecule has 1 fully saturated rings. The Morgan fingerprint density at radius 1 is 1.41 bits per heavy atom. The summed E-state index contributed by atoms with van der Waals surface area (Å²) in [6, 6.07) is 0.